The van der Waals surface area contributed by atoms with Crippen molar-refractivity contribution in [2.75, 3.05) is 25.5 Å². The van der Waals surface area contributed by atoms with Crippen LogP contribution in [-0.4, -0.2) is 44.3 Å². The number of hydrogen-bond acceptors (Lipinski definition) is 5. The fourth-order valence-electron chi connectivity index (χ4n) is 3.15. The molecule has 0 spiro atoms. The van der Waals surface area contributed by atoms with Crippen molar-refractivity contribution in [2.24, 2.45) is 0 Å². The minimum absolute atomic E-state index is 0.0249. The maximum atomic E-state index is 13.5. The minimum Gasteiger partial charge on any atom is -0.370 e. The SMILES string of the molecule is CNC(=O)C1(Nc2cccc(F)c2)CCN(S(=O)(=O)c2sccc2C)C1. The predicted molar refractivity (Wildman–Crippen MR) is 99.3 cm³/mol. The van der Waals surface area contributed by atoms with E-state index < -0.39 is 21.4 Å². The zero-order valence-electron chi connectivity index (χ0n) is 14.5. The molecule has 1 saturated heterocycles. The van der Waals surface area contributed by atoms with Gasteiger partial charge in [-0.15, -0.1) is 11.3 Å². The smallest absolute Gasteiger partial charge is 0.252 e. The summed E-state index contributed by atoms with van der Waals surface area (Å²) in [5.41, 5.74) is -0.0356. The molecule has 0 aliphatic carbocycles. The van der Waals surface area contributed by atoms with Crippen molar-refractivity contribution >= 4 is 33.0 Å². The molecule has 1 atom stereocenters. The molecular weight excluding hydrogens is 377 g/mol. The maximum absolute atomic E-state index is 13.5. The molecule has 2 aromatic rings. The van der Waals surface area contributed by atoms with Gasteiger partial charge in [-0.25, -0.2) is 12.8 Å². The zero-order valence-corrected chi connectivity index (χ0v) is 16.1. The molecule has 1 aliphatic rings. The van der Waals surface area contributed by atoms with E-state index in [4.69, 9.17) is 0 Å². The van der Waals surface area contributed by atoms with Crippen molar-refractivity contribution in [3.63, 3.8) is 0 Å². The fourth-order valence-corrected chi connectivity index (χ4v) is 6.20. The number of thiophene rings is 1. The lowest BCUT2D eigenvalue weighted by molar-refractivity contribution is -0.124. The summed E-state index contributed by atoms with van der Waals surface area (Å²) < 4.78 is 41.0. The Bertz CT molecular complexity index is 929. The first-order valence-corrected chi connectivity index (χ1v) is 10.4. The molecule has 0 bridgehead atoms. The molecule has 1 fully saturated rings. The first-order chi connectivity index (χ1) is 12.3. The van der Waals surface area contributed by atoms with Gasteiger partial charge in [-0.05, 0) is 48.6 Å². The summed E-state index contributed by atoms with van der Waals surface area (Å²) in [6, 6.07) is 7.53. The molecule has 2 heterocycles. The molecule has 1 aliphatic heterocycles. The highest BCUT2D eigenvalue weighted by molar-refractivity contribution is 7.91. The standard InChI is InChI=1S/C17H20FN3O3S2/c1-12-6-9-25-15(12)26(23,24)21-8-7-17(11-21,16(22)19-2)20-14-5-3-4-13(18)10-14/h3-6,9-10,20H,7-8,11H2,1-2H3,(H,19,22). The van der Waals surface area contributed by atoms with Gasteiger partial charge < -0.3 is 10.6 Å². The van der Waals surface area contributed by atoms with Crippen molar-refractivity contribution in [1.29, 1.82) is 0 Å². The van der Waals surface area contributed by atoms with Crippen LogP contribution < -0.4 is 10.6 Å². The molecule has 0 saturated carbocycles. The van der Waals surface area contributed by atoms with E-state index in [9.17, 15) is 17.6 Å². The predicted octanol–water partition coefficient (Wildman–Crippen LogP) is 2.19. The summed E-state index contributed by atoms with van der Waals surface area (Å²) in [7, 11) is -2.18. The van der Waals surface area contributed by atoms with E-state index in [0.29, 0.717) is 11.3 Å². The van der Waals surface area contributed by atoms with E-state index in [1.807, 2.05) is 0 Å². The number of anilines is 1. The van der Waals surface area contributed by atoms with E-state index in [0.717, 1.165) is 11.3 Å². The number of rotatable bonds is 5. The number of carbonyl (C=O) groups is 1. The number of halogens is 1. The number of hydrogen-bond donors (Lipinski definition) is 2. The first kappa shape index (κ1) is 18.8. The van der Waals surface area contributed by atoms with Gasteiger partial charge in [-0.2, -0.15) is 4.31 Å². The first-order valence-electron chi connectivity index (χ1n) is 8.09. The van der Waals surface area contributed by atoms with Crippen molar-refractivity contribution in [3.8, 4) is 0 Å². The van der Waals surface area contributed by atoms with Gasteiger partial charge in [0.05, 0.1) is 0 Å². The normalized spacial score (nSPS) is 20.9. The Labute approximate surface area is 156 Å². The van der Waals surface area contributed by atoms with Crippen LogP contribution in [0.25, 0.3) is 0 Å². The van der Waals surface area contributed by atoms with Crippen molar-refractivity contribution in [3.05, 3.63) is 47.1 Å². The second-order valence-corrected chi connectivity index (χ2v) is 9.33. The highest BCUT2D eigenvalue weighted by Crippen LogP contribution is 2.33. The Balaban J connectivity index is 1.91. The van der Waals surface area contributed by atoms with Gasteiger partial charge >= 0.3 is 0 Å². The molecule has 1 unspecified atom stereocenters. The van der Waals surface area contributed by atoms with Crippen LogP contribution in [-0.2, 0) is 14.8 Å². The van der Waals surface area contributed by atoms with E-state index in [1.165, 1.54) is 29.6 Å². The van der Waals surface area contributed by atoms with Crippen molar-refractivity contribution in [2.45, 2.75) is 23.1 Å². The highest BCUT2D eigenvalue weighted by Gasteiger charge is 2.48. The van der Waals surface area contributed by atoms with E-state index in [1.54, 1.807) is 24.4 Å². The average Bonchev–Trinajstić information content (AvgIpc) is 3.22. The highest BCUT2D eigenvalue weighted by atomic mass is 32.2. The van der Waals surface area contributed by atoms with Crippen LogP contribution in [0.2, 0.25) is 0 Å². The number of sulfonamides is 1. The molecule has 2 N–H and O–H groups in total. The van der Waals surface area contributed by atoms with Crippen LogP contribution in [0, 0.1) is 12.7 Å². The van der Waals surface area contributed by atoms with Gasteiger partial charge in [-0.3, -0.25) is 4.79 Å². The van der Waals surface area contributed by atoms with Gasteiger partial charge in [0.15, 0.2) is 0 Å². The third kappa shape index (κ3) is 3.34. The molecule has 1 aromatic carbocycles. The summed E-state index contributed by atoms with van der Waals surface area (Å²) in [4.78, 5) is 12.6. The molecule has 0 radical (unpaired) electrons. The maximum Gasteiger partial charge on any atom is 0.252 e. The van der Waals surface area contributed by atoms with Gasteiger partial charge in [0.2, 0.25) is 5.91 Å². The Morgan fingerprint density at radius 3 is 2.73 bits per heavy atom. The summed E-state index contributed by atoms with van der Waals surface area (Å²) in [5.74, 6) is -0.763. The average molecular weight is 397 g/mol. The Morgan fingerprint density at radius 2 is 2.12 bits per heavy atom. The second-order valence-electron chi connectivity index (χ2n) is 6.28. The molecular formula is C17H20FN3O3S2. The Morgan fingerprint density at radius 1 is 1.35 bits per heavy atom. The van der Waals surface area contributed by atoms with Crippen LogP contribution in [0.15, 0.2) is 39.9 Å². The molecule has 26 heavy (non-hydrogen) atoms. The molecule has 1 amide bonds. The van der Waals surface area contributed by atoms with Gasteiger partial charge in [0, 0.05) is 25.8 Å². The fraction of sp³-hybridized carbons (Fsp3) is 0.353. The number of aryl methyl sites for hydroxylation is 1. The number of nitrogens with zero attached hydrogens (tertiary/aromatic N) is 1. The zero-order chi connectivity index (χ0) is 18.9. The second kappa shape index (κ2) is 6.98. The topological polar surface area (TPSA) is 78.5 Å². The van der Waals surface area contributed by atoms with Crippen LogP contribution in [0.4, 0.5) is 10.1 Å². The molecule has 9 heteroatoms. The third-order valence-corrected chi connectivity index (χ3v) is 8.00. The Kier molecular flexibility index (Phi) is 5.05. The number of benzene rings is 1. The molecule has 3 rings (SSSR count). The van der Waals surface area contributed by atoms with Gasteiger partial charge in [0.1, 0.15) is 15.6 Å². The molecule has 140 valence electrons. The van der Waals surface area contributed by atoms with Gasteiger partial charge in [0.25, 0.3) is 10.0 Å². The van der Waals surface area contributed by atoms with E-state index in [2.05, 4.69) is 10.6 Å². The number of likely N-dealkylation sites (N-methyl/N-ethyl adjacent to an activating group) is 1. The van der Waals surface area contributed by atoms with Crippen LogP contribution in [0.5, 0.6) is 0 Å². The number of carbonyl (C=O) groups excluding carboxylic acids is 1. The third-order valence-electron chi connectivity index (χ3n) is 4.49. The lowest BCUT2D eigenvalue weighted by Gasteiger charge is -2.29. The van der Waals surface area contributed by atoms with E-state index >= 15 is 0 Å². The minimum atomic E-state index is -3.68. The summed E-state index contributed by atoms with van der Waals surface area (Å²) in [5, 5.41) is 7.37. The van der Waals surface area contributed by atoms with E-state index in [-0.39, 0.29) is 29.6 Å². The number of amides is 1. The lowest BCUT2D eigenvalue weighted by Crippen LogP contribution is -2.54. The summed E-state index contributed by atoms with van der Waals surface area (Å²) >= 11 is 1.16. The van der Waals surface area contributed by atoms with Crippen LogP contribution in [0.1, 0.15) is 12.0 Å². The summed E-state index contributed by atoms with van der Waals surface area (Å²) in [6.45, 7) is 1.93. The molecule has 6 nitrogen and oxygen atoms in total. The lowest BCUT2D eigenvalue weighted by atomic mass is 9.97. The summed E-state index contributed by atoms with van der Waals surface area (Å²) in [6.07, 6.45) is 0.285. The quantitative estimate of drug-likeness (QED) is 0.811. The Hall–Kier alpha value is -1.97. The van der Waals surface area contributed by atoms with Crippen molar-refractivity contribution < 1.29 is 17.6 Å². The van der Waals surface area contributed by atoms with Crippen LogP contribution in [0.3, 0.4) is 0 Å². The monoisotopic (exact) mass is 397 g/mol. The van der Waals surface area contributed by atoms with Crippen LogP contribution >= 0.6 is 11.3 Å². The number of nitrogens with one attached hydrogen (secondary N) is 2. The largest absolute Gasteiger partial charge is 0.370 e. The molecule has 1 aromatic heterocycles. The van der Waals surface area contributed by atoms with Crippen molar-refractivity contribution in [1.82, 2.24) is 9.62 Å². The van der Waals surface area contributed by atoms with Gasteiger partial charge in [-0.1, -0.05) is 6.07 Å².